The Morgan fingerprint density at radius 2 is 2.17 bits per heavy atom. The van der Waals surface area contributed by atoms with Crippen LogP contribution >= 0.6 is 0 Å². The first-order valence-electron chi connectivity index (χ1n) is 6.28. The van der Waals surface area contributed by atoms with Crippen LogP contribution in [0.4, 0.5) is 11.8 Å². The van der Waals surface area contributed by atoms with Crippen LogP contribution in [0.5, 0.6) is 0 Å². The molecule has 102 valence electrons. The van der Waals surface area contributed by atoms with Crippen LogP contribution < -0.4 is 10.6 Å². The van der Waals surface area contributed by atoms with E-state index in [1.165, 1.54) is 0 Å². The van der Waals surface area contributed by atoms with Crippen molar-refractivity contribution in [2.24, 2.45) is 0 Å². The van der Waals surface area contributed by atoms with Crippen molar-refractivity contribution in [1.82, 2.24) is 9.97 Å². The van der Waals surface area contributed by atoms with Crippen molar-refractivity contribution in [3.63, 3.8) is 0 Å². The summed E-state index contributed by atoms with van der Waals surface area (Å²) in [5, 5.41) is 14.9. The predicted molar refractivity (Wildman–Crippen MR) is 71.9 cm³/mol. The summed E-state index contributed by atoms with van der Waals surface area (Å²) >= 11 is 0. The maximum Gasteiger partial charge on any atom is 0.224 e. The topological polar surface area (TPSA) is 79.3 Å². The molecule has 0 aliphatic carbocycles. The number of ether oxygens (including phenoxy) is 1. The molecule has 0 unspecified atom stereocenters. The SMILES string of the molecule is CCNc1ncc(C)c(NCCCOCCO)n1. The summed E-state index contributed by atoms with van der Waals surface area (Å²) in [6.45, 7) is 6.68. The number of aliphatic hydroxyl groups excluding tert-OH is 1. The summed E-state index contributed by atoms with van der Waals surface area (Å²) in [6, 6.07) is 0. The molecule has 3 N–H and O–H groups in total. The Morgan fingerprint density at radius 3 is 2.89 bits per heavy atom. The van der Waals surface area contributed by atoms with E-state index >= 15 is 0 Å². The number of nitrogens with one attached hydrogen (secondary N) is 2. The average molecular weight is 254 g/mol. The lowest BCUT2D eigenvalue weighted by Crippen LogP contribution is -2.11. The van der Waals surface area contributed by atoms with Gasteiger partial charge in [0.25, 0.3) is 0 Å². The Bertz CT molecular complexity index is 347. The van der Waals surface area contributed by atoms with Gasteiger partial charge in [0.05, 0.1) is 13.2 Å². The van der Waals surface area contributed by atoms with Crippen LogP contribution in [0.25, 0.3) is 0 Å². The zero-order valence-corrected chi connectivity index (χ0v) is 11.1. The van der Waals surface area contributed by atoms with Gasteiger partial charge in [-0.1, -0.05) is 0 Å². The van der Waals surface area contributed by atoms with Crippen LogP contribution in [0.2, 0.25) is 0 Å². The quantitative estimate of drug-likeness (QED) is 0.571. The lowest BCUT2D eigenvalue weighted by molar-refractivity contribution is 0.0922. The maximum absolute atomic E-state index is 8.55. The lowest BCUT2D eigenvalue weighted by Gasteiger charge is -2.10. The molecule has 6 heteroatoms. The maximum atomic E-state index is 8.55. The Balaban J connectivity index is 2.34. The fraction of sp³-hybridized carbons (Fsp3) is 0.667. The highest BCUT2D eigenvalue weighted by molar-refractivity contribution is 5.46. The van der Waals surface area contributed by atoms with E-state index in [1.807, 2.05) is 13.8 Å². The molecule has 0 aliphatic heterocycles. The van der Waals surface area contributed by atoms with Crippen molar-refractivity contribution in [2.45, 2.75) is 20.3 Å². The summed E-state index contributed by atoms with van der Waals surface area (Å²) in [5.41, 5.74) is 1.02. The van der Waals surface area contributed by atoms with Crippen LogP contribution in [0.1, 0.15) is 18.9 Å². The number of hydrogen-bond acceptors (Lipinski definition) is 6. The first kappa shape index (κ1) is 14.7. The third-order valence-corrected chi connectivity index (χ3v) is 2.30. The monoisotopic (exact) mass is 254 g/mol. The second kappa shape index (κ2) is 8.66. The molecule has 18 heavy (non-hydrogen) atoms. The van der Waals surface area contributed by atoms with Gasteiger partial charge in [-0.15, -0.1) is 0 Å². The zero-order valence-electron chi connectivity index (χ0n) is 11.1. The van der Waals surface area contributed by atoms with Gasteiger partial charge in [-0.3, -0.25) is 0 Å². The molecule has 1 heterocycles. The summed E-state index contributed by atoms with van der Waals surface area (Å²) in [6.07, 6.45) is 2.68. The highest BCUT2D eigenvalue weighted by atomic mass is 16.5. The fourth-order valence-electron chi connectivity index (χ4n) is 1.41. The van der Waals surface area contributed by atoms with Gasteiger partial charge in [0, 0.05) is 31.5 Å². The van der Waals surface area contributed by atoms with Crippen molar-refractivity contribution >= 4 is 11.8 Å². The highest BCUT2D eigenvalue weighted by Gasteiger charge is 2.02. The smallest absolute Gasteiger partial charge is 0.224 e. The minimum atomic E-state index is 0.0739. The van der Waals surface area contributed by atoms with Gasteiger partial charge in [-0.05, 0) is 20.3 Å². The molecule has 0 atom stereocenters. The van der Waals surface area contributed by atoms with Crippen molar-refractivity contribution in [3.8, 4) is 0 Å². The summed E-state index contributed by atoms with van der Waals surface area (Å²) in [5.74, 6) is 1.49. The van der Waals surface area contributed by atoms with Gasteiger partial charge in [0.1, 0.15) is 5.82 Å². The number of anilines is 2. The number of hydrogen-bond donors (Lipinski definition) is 3. The summed E-state index contributed by atoms with van der Waals surface area (Å²) in [4.78, 5) is 8.56. The fourth-order valence-corrected chi connectivity index (χ4v) is 1.41. The van der Waals surface area contributed by atoms with Gasteiger partial charge in [-0.2, -0.15) is 4.98 Å². The average Bonchev–Trinajstić information content (AvgIpc) is 2.37. The molecule has 0 spiro atoms. The Labute approximate surface area is 108 Å². The van der Waals surface area contributed by atoms with E-state index in [2.05, 4.69) is 20.6 Å². The van der Waals surface area contributed by atoms with E-state index in [4.69, 9.17) is 9.84 Å². The zero-order chi connectivity index (χ0) is 13.2. The van der Waals surface area contributed by atoms with Gasteiger partial charge in [-0.25, -0.2) is 4.98 Å². The van der Waals surface area contributed by atoms with Crippen LogP contribution in [0, 0.1) is 6.92 Å². The lowest BCUT2D eigenvalue weighted by atomic mass is 10.3. The predicted octanol–water partition coefficient (Wildman–Crippen LogP) is 1.03. The van der Waals surface area contributed by atoms with Crippen LogP contribution in [-0.4, -0.2) is 48.0 Å². The van der Waals surface area contributed by atoms with E-state index in [9.17, 15) is 0 Å². The van der Waals surface area contributed by atoms with E-state index in [-0.39, 0.29) is 6.61 Å². The Hall–Kier alpha value is -1.40. The van der Waals surface area contributed by atoms with Crippen molar-refractivity contribution < 1.29 is 9.84 Å². The molecule has 1 rings (SSSR count). The second-order valence-electron chi connectivity index (χ2n) is 3.87. The van der Waals surface area contributed by atoms with Crippen molar-refractivity contribution in [2.75, 3.05) is 43.5 Å². The molecular formula is C12H22N4O2. The van der Waals surface area contributed by atoms with Crippen LogP contribution in [-0.2, 0) is 4.74 Å². The highest BCUT2D eigenvalue weighted by Crippen LogP contribution is 2.12. The minimum Gasteiger partial charge on any atom is -0.394 e. The van der Waals surface area contributed by atoms with Gasteiger partial charge < -0.3 is 20.5 Å². The van der Waals surface area contributed by atoms with E-state index in [0.29, 0.717) is 19.2 Å². The van der Waals surface area contributed by atoms with E-state index in [0.717, 1.165) is 30.9 Å². The number of aromatic nitrogens is 2. The summed E-state index contributed by atoms with van der Waals surface area (Å²) in [7, 11) is 0. The molecule has 0 fully saturated rings. The molecule has 0 amide bonds. The molecular weight excluding hydrogens is 232 g/mol. The first-order chi connectivity index (χ1) is 8.77. The normalized spacial score (nSPS) is 10.4. The Morgan fingerprint density at radius 1 is 1.33 bits per heavy atom. The molecule has 0 bridgehead atoms. The molecule has 1 aromatic heterocycles. The molecule has 0 aliphatic rings. The number of aryl methyl sites for hydroxylation is 1. The minimum absolute atomic E-state index is 0.0739. The second-order valence-corrected chi connectivity index (χ2v) is 3.87. The van der Waals surface area contributed by atoms with E-state index < -0.39 is 0 Å². The molecule has 1 aromatic rings. The first-order valence-corrected chi connectivity index (χ1v) is 6.28. The largest absolute Gasteiger partial charge is 0.394 e. The molecule has 0 radical (unpaired) electrons. The van der Waals surface area contributed by atoms with Crippen LogP contribution in [0.3, 0.4) is 0 Å². The third kappa shape index (κ3) is 5.29. The molecule has 0 aromatic carbocycles. The molecule has 0 saturated carbocycles. The molecule has 6 nitrogen and oxygen atoms in total. The van der Waals surface area contributed by atoms with Gasteiger partial charge in [0.2, 0.25) is 5.95 Å². The summed E-state index contributed by atoms with van der Waals surface area (Å²) < 4.78 is 5.18. The number of nitrogens with zero attached hydrogens (tertiary/aromatic N) is 2. The standard InChI is InChI=1S/C12H22N4O2/c1-3-13-12-15-9-10(2)11(16-12)14-5-4-7-18-8-6-17/h9,17H,3-8H2,1-2H3,(H2,13,14,15,16). The van der Waals surface area contributed by atoms with Crippen molar-refractivity contribution in [1.29, 1.82) is 0 Å². The Kier molecular flexibility index (Phi) is 7.05. The van der Waals surface area contributed by atoms with E-state index in [1.54, 1.807) is 6.20 Å². The number of aliphatic hydroxyl groups is 1. The van der Waals surface area contributed by atoms with Crippen molar-refractivity contribution in [3.05, 3.63) is 11.8 Å². The van der Waals surface area contributed by atoms with Gasteiger partial charge in [0.15, 0.2) is 0 Å². The van der Waals surface area contributed by atoms with Gasteiger partial charge >= 0.3 is 0 Å². The van der Waals surface area contributed by atoms with Crippen LogP contribution in [0.15, 0.2) is 6.20 Å². The third-order valence-electron chi connectivity index (χ3n) is 2.30. The number of rotatable bonds is 9. The molecule has 0 saturated heterocycles.